The smallest absolute Gasteiger partial charge is 0.150 e. The minimum absolute atomic E-state index is 0.178. The van der Waals surface area contributed by atoms with E-state index in [2.05, 4.69) is 26.0 Å². The minimum atomic E-state index is -0.345. The molecule has 1 fully saturated rings. The molecule has 3 unspecified atom stereocenters. The van der Waals surface area contributed by atoms with Gasteiger partial charge in [-0.3, -0.25) is 0 Å². The molecule has 37 heavy (non-hydrogen) atoms. The molecule has 0 aliphatic carbocycles. The first-order chi connectivity index (χ1) is 18.0. The quantitative estimate of drug-likeness (QED) is 0.394. The largest absolute Gasteiger partial charge is 0.508 e. The minimum Gasteiger partial charge on any atom is -0.508 e. The number of benzene rings is 3. The molecule has 5 nitrogen and oxygen atoms in total. The molecule has 0 spiro atoms. The molecule has 5 rings (SSSR count). The van der Waals surface area contributed by atoms with Gasteiger partial charge in [-0.1, -0.05) is 45.0 Å². The molecule has 196 valence electrons. The van der Waals surface area contributed by atoms with Crippen LogP contribution in [0.4, 0.5) is 0 Å². The Morgan fingerprint density at radius 1 is 0.946 bits per heavy atom. The van der Waals surface area contributed by atoms with Crippen molar-refractivity contribution in [2.45, 2.75) is 46.6 Å². The monoisotopic (exact) mass is 502 g/mol. The highest BCUT2D eigenvalue weighted by atomic mass is 16.5. The lowest BCUT2D eigenvalue weighted by molar-refractivity contribution is -0.908. The first-order valence-corrected chi connectivity index (χ1v) is 13.5. The molecule has 2 heterocycles. The molecule has 0 aromatic heterocycles. The maximum atomic E-state index is 10.0. The van der Waals surface area contributed by atoms with Crippen LogP contribution >= 0.6 is 0 Å². The second-order valence-electron chi connectivity index (χ2n) is 9.88. The van der Waals surface area contributed by atoms with Crippen LogP contribution < -0.4 is 14.4 Å². The molecule has 2 aliphatic heterocycles. The number of phenolic OH excluding ortho intramolecular Hbond substituents is 2. The Balaban J connectivity index is 0.00000156. The second kappa shape index (κ2) is 12.2. The van der Waals surface area contributed by atoms with E-state index in [1.54, 1.807) is 29.2 Å². The first-order valence-electron chi connectivity index (χ1n) is 13.5. The number of piperidine rings is 1. The summed E-state index contributed by atoms with van der Waals surface area (Å²) in [6.45, 7) is 12.7. The van der Waals surface area contributed by atoms with Crippen molar-refractivity contribution in [2.24, 2.45) is 5.92 Å². The lowest BCUT2D eigenvalue weighted by atomic mass is 9.86. The van der Waals surface area contributed by atoms with Crippen LogP contribution in [0.25, 0.3) is 11.1 Å². The Hall–Kier alpha value is -3.44. The maximum Gasteiger partial charge on any atom is 0.150 e. The van der Waals surface area contributed by atoms with Crippen LogP contribution in [0.15, 0.2) is 66.7 Å². The number of quaternary nitrogens is 1. The van der Waals surface area contributed by atoms with Crippen LogP contribution in [0.1, 0.15) is 63.3 Å². The number of nitrogens with one attached hydrogen (secondary N) is 1. The van der Waals surface area contributed by atoms with Gasteiger partial charge in [0.1, 0.15) is 42.3 Å². The molecule has 0 amide bonds. The van der Waals surface area contributed by atoms with Gasteiger partial charge in [0.15, 0.2) is 0 Å². The highest BCUT2D eigenvalue weighted by Gasteiger charge is 2.29. The maximum absolute atomic E-state index is 10.0. The third-order valence-corrected chi connectivity index (χ3v) is 7.23. The van der Waals surface area contributed by atoms with Crippen molar-refractivity contribution < 1.29 is 24.6 Å². The second-order valence-corrected chi connectivity index (χ2v) is 9.88. The molecule has 3 atom stereocenters. The van der Waals surface area contributed by atoms with Gasteiger partial charge >= 0.3 is 0 Å². The number of ether oxygens (including phenoxy) is 2. The lowest BCUT2D eigenvalue weighted by Gasteiger charge is -2.31. The Morgan fingerprint density at radius 3 is 2.35 bits per heavy atom. The van der Waals surface area contributed by atoms with Crippen molar-refractivity contribution in [2.75, 3.05) is 26.2 Å². The van der Waals surface area contributed by atoms with Crippen LogP contribution in [-0.2, 0) is 0 Å². The van der Waals surface area contributed by atoms with Crippen molar-refractivity contribution in [3.8, 4) is 23.0 Å². The van der Waals surface area contributed by atoms with E-state index in [1.807, 2.05) is 44.2 Å². The van der Waals surface area contributed by atoms with Gasteiger partial charge in [0, 0.05) is 23.1 Å². The topological polar surface area (TPSA) is 63.4 Å². The fraction of sp³-hybridized carbons (Fsp3) is 0.375. The van der Waals surface area contributed by atoms with Gasteiger partial charge < -0.3 is 24.6 Å². The van der Waals surface area contributed by atoms with Crippen LogP contribution in [-0.4, -0.2) is 36.5 Å². The predicted octanol–water partition coefficient (Wildman–Crippen LogP) is 5.88. The van der Waals surface area contributed by atoms with E-state index in [-0.39, 0.29) is 17.6 Å². The number of allylic oxidation sites excluding steroid dienone is 1. The molecule has 0 saturated carbocycles. The molecule has 2 aliphatic rings. The molecule has 3 aromatic carbocycles. The molecule has 5 heteroatoms. The summed E-state index contributed by atoms with van der Waals surface area (Å²) < 4.78 is 12.5. The number of phenols is 2. The number of hydrogen-bond acceptors (Lipinski definition) is 4. The number of fused-ring (bicyclic) bond motifs is 1. The summed E-state index contributed by atoms with van der Waals surface area (Å²) in [6.07, 6.45) is 2.31. The van der Waals surface area contributed by atoms with Crippen molar-refractivity contribution in [1.82, 2.24) is 0 Å². The van der Waals surface area contributed by atoms with Crippen LogP contribution in [0.5, 0.6) is 23.0 Å². The molecular formula is C32H40NO4+. The fourth-order valence-corrected chi connectivity index (χ4v) is 5.37. The van der Waals surface area contributed by atoms with Gasteiger partial charge in [-0.15, -0.1) is 0 Å². The number of rotatable bonds is 6. The predicted molar refractivity (Wildman–Crippen MR) is 149 cm³/mol. The average Bonchev–Trinajstić information content (AvgIpc) is 2.91. The van der Waals surface area contributed by atoms with Crippen molar-refractivity contribution >= 4 is 11.1 Å². The van der Waals surface area contributed by atoms with Crippen LogP contribution in [0, 0.1) is 5.92 Å². The Kier molecular flexibility index (Phi) is 8.78. The zero-order valence-electron chi connectivity index (χ0n) is 22.5. The highest BCUT2D eigenvalue weighted by Crippen LogP contribution is 2.47. The summed E-state index contributed by atoms with van der Waals surface area (Å²) in [6, 6.07) is 20.6. The third-order valence-electron chi connectivity index (χ3n) is 7.23. The molecule has 0 radical (unpaired) electrons. The van der Waals surface area contributed by atoms with Crippen molar-refractivity contribution in [3.05, 3.63) is 83.4 Å². The molecular weight excluding hydrogens is 462 g/mol. The summed E-state index contributed by atoms with van der Waals surface area (Å²) in [7, 11) is 0. The van der Waals surface area contributed by atoms with E-state index in [9.17, 15) is 10.2 Å². The average molecular weight is 503 g/mol. The lowest BCUT2D eigenvalue weighted by Crippen LogP contribution is -3.14. The number of hydrogen-bond donors (Lipinski definition) is 3. The van der Waals surface area contributed by atoms with E-state index < -0.39 is 0 Å². The van der Waals surface area contributed by atoms with Crippen LogP contribution in [0.3, 0.4) is 0 Å². The SMILES string of the molecule is CC.CC1=C(c2ccc(O)cc2)C(c2ccc(OCC[NH+]3CCCC(C)C3)cc2)Oc2cc(O)ccc21. The summed E-state index contributed by atoms with van der Waals surface area (Å²) in [5, 5.41) is 19.8. The highest BCUT2D eigenvalue weighted by molar-refractivity contribution is 5.95. The van der Waals surface area contributed by atoms with Crippen LogP contribution in [0.2, 0.25) is 0 Å². The summed E-state index contributed by atoms with van der Waals surface area (Å²) in [5.41, 5.74) is 5.07. The fourth-order valence-electron chi connectivity index (χ4n) is 5.37. The van der Waals surface area contributed by atoms with Gasteiger partial charge in [0.05, 0.1) is 13.1 Å². The van der Waals surface area contributed by atoms with E-state index in [4.69, 9.17) is 9.47 Å². The number of likely N-dealkylation sites (tertiary alicyclic amines) is 1. The van der Waals surface area contributed by atoms with E-state index in [1.165, 1.54) is 25.9 Å². The molecule has 1 saturated heterocycles. The van der Waals surface area contributed by atoms with Crippen molar-refractivity contribution in [3.63, 3.8) is 0 Å². The number of aromatic hydroxyl groups is 2. The molecule has 3 N–H and O–H groups in total. The van der Waals surface area contributed by atoms with Gasteiger partial charge in [0.25, 0.3) is 0 Å². The molecule has 3 aromatic rings. The zero-order chi connectivity index (χ0) is 26.4. The zero-order valence-corrected chi connectivity index (χ0v) is 22.5. The van der Waals surface area contributed by atoms with Gasteiger partial charge in [-0.05, 0) is 72.9 Å². The van der Waals surface area contributed by atoms with Gasteiger partial charge in [0.2, 0.25) is 0 Å². The summed E-state index contributed by atoms with van der Waals surface area (Å²) in [4.78, 5) is 1.64. The van der Waals surface area contributed by atoms with Gasteiger partial charge in [-0.25, -0.2) is 0 Å². The summed E-state index contributed by atoms with van der Waals surface area (Å²) in [5.74, 6) is 2.73. The Bertz CT molecular complexity index is 1200. The van der Waals surface area contributed by atoms with E-state index in [0.29, 0.717) is 12.4 Å². The van der Waals surface area contributed by atoms with Crippen molar-refractivity contribution in [1.29, 1.82) is 0 Å². The van der Waals surface area contributed by atoms with E-state index >= 15 is 0 Å². The first kappa shape index (κ1) is 26.6. The molecule has 0 bridgehead atoms. The Morgan fingerprint density at radius 2 is 1.65 bits per heavy atom. The standard InChI is InChI=1S/C30H33NO4.C2H6/c1-20-4-3-15-31(19-20)16-17-34-26-12-7-23(8-13-26)30-29(22-5-9-24(32)10-6-22)21(2)27-14-11-25(33)18-28(27)35-30;1-2/h5-14,18,20,30,32-33H,3-4,15-17,19H2,1-2H3;1-2H3/p+1. The van der Waals surface area contributed by atoms with E-state index in [0.717, 1.165) is 46.0 Å². The summed E-state index contributed by atoms with van der Waals surface area (Å²) >= 11 is 0. The van der Waals surface area contributed by atoms with Gasteiger partial charge in [-0.2, -0.15) is 0 Å². The third kappa shape index (κ3) is 6.28. The Labute approximate surface area is 221 Å². The normalized spacial score (nSPS) is 20.8.